The van der Waals surface area contributed by atoms with Crippen molar-refractivity contribution in [2.75, 3.05) is 13.1 Å². The van der Waals surface area contributed by atoms with E-state index in [2.05, 4.69) is 17.1 Å². The molecule has 1 saturated heterocycles. The summed E-state index contributed by atoms with van der Waals surface area (Å²) in [7, 11) is 0. The standard InChI is InChI=1S/C21H24N4O2/c1-12-4-6-16(7-5-12)18-9-17(19-14(3)24-27-20(19)23-18)21(26)25-11-15(10-22)8-13(25)2/h4-7,9,13,15H,8,10-11,22H2,1-3H3. The third-order valence-electron chi connectivity index (χ3n) is 5.45. The van der Waals surface area contributed by atoms with Crippen LogP contribution in [0.25, 0.3) is 22.4 Å². The first kappa shape index (κ1) is 17.7. The number of likely N-dealkylation sites (tertiary alicyclic amines) is 1. The van der Waals surface area contributed by atoms with Crippen molar-refractivity contribution in [2.24, 2.45) is 11.7 Å². The van der Waals surface area contributed by atoms with E-state index in [1.54, 1.807) is 0 Å². The van der Waals surface area contributed by atoms with Crippen molar-refractivity contribution >= 4 is 17.0 Å². The van der Waals surface area contributed by atoms with E-state index in [-0.39, 0.29) is 11.9 Å². The van der Waals surface area contributed by atoms with E-state index in [0.29, 0.717) is 47.1 Å². The Labute approximate surface area is 158 Å². The molecule has 3 heterocycles. The highest BCUT2D eigenvalue weighted by molar-refractivity contribution is 6.07. The van der Waals surface area contributed by atoms with Gasteiger partial charge in [-0.15, -0.1) is 0 Å². The summed E-state index contributed by atoms with van der Waals surface area (Å²) in [4.78, 5) is 19.9. The lowest BCUT2D eigenvalue weighted by Gasteiger charge is -2.22. The molecule has 1 aliphatic rings. The molecule has 1 aromatic carbocycles. The summed E-state index contributed by atoms with van der Waals surface area (Å²) in [5.74, 6) is 0.340. The maximum Gasteiger partial charge on any atom is 0.259 e. The number of nitrogens with two attached hydrogens (primary N) is 1. The number of nitrogens with zero attached hydrogens (tertiary/aromatic N) is 3. The Morgan fingerprint density at radius 1 is 1.30 bits per heavy atom. The summed E-state index contributed by atoms with van der Waals surface area (Å²) in [6.07, 6.45) is 0.934. The van der Waals surface area contributed by atoms with Gasteiger partial charge in [0.25, 0.3) is 11.6 Å². The second-order valence-corrected chi connectivity index (χ2v) is 7.51. The number of hydrogen-bond donors (Lipinski definition) is 1. The van der Waals surface area contributed by atoms with Crippen LogP contribution in [-0.4, -0.2) is 40.1 Å². The molecule has 140 valence electrons. The highest BCUT2D eigenvalue weighted by atomic mass is 16.5. The van der Waals surface area contributed by atoms with Crippen LogP contribution in [0.4, 0.5) is 0 Å². The van der Waals surface area contributed by atoms with Gasteiger partial charge in [-0.1, -0.05) is 35.0 Å². The van der Waals surface area contributed by atoms with Crippen LogP contribution in [0, 0.1) is 19.8 Å². The molecular formula is C21H24N4O2. The van der Waals surface area contributed by atoms with Crippen LogP contribution in [0.5, 0.6) is 0 Å². The molecule has 6 nitrogen and oxygen atoms in total. The highest BCUT2D eigenvalue weighted by Crippen LogP contribution is 2.31. The van der Waals surface area contributed by atoms with E-state index in [0.717, 1.165) is 12.0 Å². The summed E-state index contributed by atoms with van der Waals surface area (Å²) in [6, 6.07) is 10.1. The average Bonchev–Trinajstić information content (AvgIpc) is 3.24. The molecule has 2 N–H and O–H groups in total. The largest absolute Gasteiger partial charge is 0.336 e. The molecule has 0 spiro atoms. The van der Waals surface area contributed by atoms with Crippen molar-refractivity contribution in [3.05, 3.63) is 47.2 Å². The van der Waals surface area contributed by atoms with Crippen LogP contribution in [0.15, 0.2) is 34.9 Å². The molecule has 6 heteroatoms. The lowest BCUT2D eigenvalue weighted by Crippen LogP contribution is -2.34. The first-order valence-electron chi connectivity index (χ1n) is 9.33. The van der Waals surface area contributed by atoms with Crippen molar-refractivity contribution in [1.82, 2.24) is 15.0 Å². The van der Waals surface area contributed by atoms with Crippen LogP contribution in [-0.2, 0) is 0 Å². The molecule has 2 atom stereocenters. The second kappa shape index (κ2) is 6.78. The SMILES string of the molecule is Cc1ccc(-c2cc(C(=O)N3CC(CN)CC3C)c3c(C)noc3n2)cc1. The van der Waals surface area contributed by atoms with Crippen LogP contribution < -0.4 is 5.73 Å². The Morgan fingerprint density at radius 3 is 2.70 bits per heavy atom. The van der Waals surface area contributed by atoms with Crippen LogP contribution in [0.2, 0.25) is 0 Å². The van der Waals surface area contributed by atoms with Gasteiger partial charge in [-0.3, -0.25) is 4.79 Å². The summed E-state index contributed by atoms with van der Waals surface area (Å²) < 4.78 is 5.41. The molecule has 0 bridgehead atoms. The van der Waals surface area contributed by atoms with Gasteiger partial charge in [0, 0.05) is 18.2 Å². The van der Waals surface area contributed by atoms with Gasteiger partial charge in [0.1, 0.15) is 0 Å². The molecule has 4 rings (SSSR count). The van der Waals surface area contributed by atoms with Crippen molar-refractivity contribution in [2.45, 2.75) is 33.2 Å². The van der Waals surface area contributed by atoms with Crippen molar-refractivity contribution < 1.29 is 9.32 Å². The zero-order valence-corrected chi connectivity index (χ0v) is 15.9. The van der Waals surface area contributed by atoms with Gasteiger partial charge in [0.05, 0.1) is 22.3 Å². The zero-order chi connectivity index (χ0) is 19.1. The monoisotopic (exact) mass is 364 g/mol. The van der Waals surface area contributed by atoms with Gasteiger partial charge in [-0.25, -0.2) is 4.98 Å². The summed E-state index contributed by atoms with van der Waals surface area (Å²) in [5, 5.41) is 4.73. The molecule has 2 aromatic heterocycles. The van der Waals surface area contributed by atoms with E-state index in [1.165, 1.54) is 5.56 Å². The van der Waals surface area contributed by atoms with E-state index in [1.807, 2.05) is 49.1 Å². The molecule has 1 aliphatic heterocycles. The fourth-order valence-electron chi connectivity index (χ4n) is 3.89. The summed E-state index contributed by atoms with van der Waals surface area (Å²) >= 11 is 0. The number of benzene rings is 1. The summed E-state index contributed by atoms with van der Waals surface area (Å²) in [6.45, 7) is 7.24. The smallest absolute Gasteiger partial charge is 0.259 e. The van der Waals surface area contributed by atoms with Crippen LogP contribution in [0.3, 0.4) is 0 Å². The van der Waals surface area contributed by atoms with Crippen molar-refractivity contribution in [3.8, 4) is 11.3 Å². The molecule has 3 aromatic rings. The minimum atomic E-state index is -0.00879. The lowest BCUT2D eigenvalue weighted by atomic mass is 10.0. The highest BCUT2D eigenvalue weighted by Gasteiger charge is 2.33. The fourth-order valence-corrected chi connectivity index (χ4v) is 3.89. The van der Waals surface area contributed by atoms with Crippen LogP contribution >= 0.6 is 0 Å². The molecule has 1 fully saturated rings. The van der Waals surface area contributed by atoms with Crippen LogP contribution in [0.1, 0.15) is 35.0 Å². The topological polar surface area (TPSA) is 85.2 Å². The maximum atomic E-state index is 13.4. The Hall–Kier alpha value is -2.73. The number of carbonyl (C=O) groups excluding carboxylic acids is 1. The first-order chi connectivity index (χ1) is 13.0. The van der Waals surface area contributed by atoms with E-state index < -0.39 is 0 Å². The molecule has 0 saturated carbocycles. The molecule has 27 heavy (non-hydrogen) atoms. The molecule has 0 aliphatic carbocycles. The van der Waals surface area contributed by atoms with Gasteiger partial charge < -0.3 is 15.2 Å². The third kappa shape index (κ3) is 3.10. The summed E-state index contributed by atoms with van der Waals surface area (Å²) in [5.41, 5.74) is 10.3. The van der Waals surface area contributed by atoms with E-state index >= 15 is 0 Å². The maximum absolute atomic E-state index is 13.4. The van der Waals surface area contributed by atoms with E-state index in [4.69, 9.17) is 10.3 Å². The average molecular weight is 364 g/mol. The minimum absolute atomic E-state index is 0.00879. The molecule has 1 amide bonds. The van der Waals surface area contributed by atoms with Gasteiger partial charge >= 0.3 is 0 Å². The zero-order valence-electron chi connectivity index (χ0n) is 15.9. The predicted octanol–water partition coefficient (Wildman–Crippen LogP) is 3.32. The normalized spacial score (nSPS) is 19.8. The number of hydrogen-bond acceptors (Lipinski definition) is 5. The molecule has 2 unspecified atom stereocenters. The third-order valence-corrected chi connectivity index (χ3v) is 5.45. The Kier molecular flexibility index (Phi) is 4.44. The fraction of sp³-hybridized carbons (Fsp3) is 0.381. The van der Waals surface area contributed by atoms with Gasteiger partial charge in [-0.05, 0) is 45.7 Å². The number of rotatable bonds is 3. The van der Waals surface area contributed by atoms with Crippen molar-refractivity contribution in [3.63, 3.8) is 0 Å². The number of aryl methyl sites for hydroxylation is 2. The Balaban J connectivity index is 1.82. The number of fused-ring (bicyclic) bond motifs is 1. The molecule has 0 radical (unpaired) electrons. The number of pyridine rings is 1. The Morgan fingerprint density at radius 2 is 2.04 bits per heavy atom. The van der Waals surface area contributed by atoms with Crippen molar-refractivity contribution in [1.29, 1.82) is 0 Å². The lowest BCUT2D eigenvalue weighted by molar-refractivity contribution is 0.0745. The van der Waals surface area contributed by atoms with E-state index in [9.17, 15) is 4.79 Å². The van der Waals surface area contributed by atoms with Gasteiger partial charge in [0.2, 0.25) is 0 Å². The van der Waals surface area contributed by atoms with Gasteiger partial charge in [0.15, 0.2) is 0 Å². The number of aromatic nitrogens is 2. The quantitative estimate of drug-likeness (QED) is 0.770. The Bertz CT molecular complexity index is 993. The first-order valence-corrected chi connectivity index (χ1v) is 9.33. The minimum Gasteiger partial charge on any atom is -0.336 e. The number of amides is 1. The molecular weight excluding hydrogens is 340 g/mol. The van der Waals surface area contributed by atoms with Gasteiger partial charge in [-0.2, -0.15) is 0 Å². The predicted molar refractivity (Wildman–Crippen MR) is 104 cm³/mol. The second-order valence-electron chi connectivity index (χ2n) is 7.51. The number of carbonyl (C=O) groups is 1.